The minimum atomic E-state index is -4.54. The van der Waals surface area contributed by atoms with Crippen molar-refractivity contribution in [3.8, 4) is 5.75 Å². The van der Waals surface area contributed by atoms with Gasteiger partial charge in [0.1, 0.15) is 29.9 Å². The molecule has 1 aromatic carbocycles. The Hall–Kier alpha value is -4.88. The molecule has 1 fully saturated rings. The molecule has 6 N–H and O–H groups in total. The van der Waals surface area contributed by atoms with Crippen LogP contribution in [0.3, 0.4) is 0 Å². The van der Waals surface area contributed by atoms with Gasteiger partial charge in [-0.05, 0) is 50.3 Å². The van der Waals surface area contributed by atoms with Gasteiger partial charge in [-0.2, -0.15) is 8.42 Å². The maximum Gasteiger partial charge on any atom is 0.413 e. The van der Waals surface area contributed by atoms with Gasteiger partial charge in [0, 0.05) is 23.8 Å². The normalized spacial score (nSPS) is 17.2. The Bertz CT molecular complexity index is 1830. The number of carbonyl (C=O) groups excluding carboxylic acids is 2. The fourth-order valence-corrected chi connectivity index (χ4v) is 6.37. The average Bonchev–Trinajstić information content (AvgIpc) is 3.60. The van der Waals surface area contributed by atoms with Crippen LogP contribution in [0.15, 0.2) is 24.8 Å². The number of amides is 2. The monoisotopic (exact) mass is 691 g/mol. The molecule has 3 aromatic rings. The Balaban J connectivity index is 1.37. The largest absolute Gasteiger partial charge is 0.481 e. The zero-order valence-electron chi connectivity index (χ0n) is 26.6. The molecule has 0 saturated carbocycles. The van der Waals surface area contributed by atoms with Crippen LogP contribution in [0.25, 0.3) is 11.2 Å². The highest BCUT2D eigenvalue weighted by molar-refractivity contribution is 7.85. The van der Waals surface area contributed by atoms with Crippen molar-refractivity contribution >= 4 is 51.2 Å². The predicted molar refractivity (Wildman–Crippen MR) is 167 cm³/mol. The number of nitrogens with zero attached hydrogens (tertiary/aromatic N) is 4. The highest BCUT2D eigenvalue weighted by Crippen LogP contribution is 2.38. The van der Waals surface area contributed by atoms with Crippen LogP contribution in [0.4, 0.5) is 10.6 Å². The number of hydrogen-bond acceptors (Lipinski definition) is 13. The molecule has 1 aliphatic heterocycles. The summed E-state index contributed by atoms with van der Waals surface area (Å²) < 4.78 is 45.4. The van der Waals surface area contributed by atoms with E-state index in [1.165, 1.54) is 18.7 Å². The third-order valence-corrected chi connectivity index (χ3v) is 8.52. The first-order valence-electron chi connectivity index (χ1n) is 14.8. The number of aryl methyl sites for hydroxylation is 2. The third kappa shape index (κ3) is 8.92. The Morgan fingerprint density at radius 3 is 2.56 bits per heavy atom. The fraction of sp³-hybridized carbons (Fsp3) is 0.483. The number of carboxylic acid groups (broad SMARTS) is 2. The molecule has 3 atom stereocenters. The van der Waals surface area contributed by atoms with Crippen molar-refractivity contribution in [3.63, 3.8) is 0 Å². The van der Waals surface area contributed by atoms with E-state index in [9.17, 15) is 32.7 Å². The number of imidazole rings is 1. The van der Waals surface area contributed by atoms with Gasteiger partial charge in [0.15, 0.2) is 11.5 Å². The van der Waals surface area contributed by atoms with Gasteiger partial charge in [0.25, 0.3) is 0 Å². The van der Waals surface area contributed by atoms with Gasteiger partial charge in [-0.15, -0.1) is 0 Å². The molecule has 2 aromatic heterocycles. The van der Waals surface area contributed by atoms with Gasteiger partial charge < -0.3 is 30.7 Å². The molecule has 48 heavy (non-hydrogen) atoms. The van der Waals surface area contributed by atoms with Crippen molar-refractivity contribution in [1.82, 2.24) is 29.6 Å². The molecule has 1 aliphatic rings. The summed E-state index contributed by atoms with van der Waals surface area (Å²) in [5.74, 6) is -3.35. The van der Waals surface area contributed by atoms with E-state index in [1.807, 2.05) is 4.72 Å². The number of benzene rings is 1. The smallest absolute Gasteiger partial charge is 0.413 e. The minimum absolute atomic E-state index is 0.0111. The second kappa shape index (κ2) is 14.5. The molecular weight excluding hydrogens is 654 g/mol. The highest BCUT2D eigenvalue weighted by Gasteiger charge is 2.34. The molecule has 260 valence electrons. The van der Waals surface area contributed by atoms with Gasteiger partial charge in [0.05, 0.1) is 19.0 Å². The first-order valence-corrected chi connectivity index (χ1v) is 16.2. The van der Waals surface area contributed by atoms with Crippen molar-refractivity contribution in [3.05, 3.63) is 41.5 Å². The summed E-state index contributed by atoms with van der Waals surface area (Å²) in [6.45, 7) is 6.36. The highest BCUT2D eigenvalue weighted by atomic mass is 32.2. The van der Waals surface area contributed by atoms with Crippen molar-refractivity contribution in [2.24, 2.45) is 0 Å². The Labute approximate surface area is 275 Å². The molecule has 1 saturated heterocycles. The molecule has 0 spiro atoms. The number of nitrogens with one attached hydrogen (secondary N) is 2. The maximum absolute atomic E-state index is 13.0. The summed E-state index contributed by atoms with van der Waals surface area (Å²) in [5, 5.41) is 20.4. The van der Waals surface area contributed by atoms with E-state index >= 15 is 0 Å². The lowest BCUT2D eigenvalue weighted by Crippen LogP contribution is -2.43. The van der Waals surface area contributed by atoms with E-state index < -0.39 is 64.5 Å². The van der Waals surface area contributed by atoms with Crippen molar-refractivity contribution < 1.29 is 51.5 Å². The maximum atomic E-state index is 13.0. The lowest BCUT2D eigenvalue weighted by molar-refractivity contribution is -0.140. The van der Waals surface area contributed by atoms with Crippen molar-refractivity contribution in [2.75, 3.05) is 12.3 Å². The molecule has 0 aliphatic carbocycles. The Morgan fingerprint density at radius 2 is 1.88 bits per heavy atom. The number of carboxylic acids is 2. The number of hydrogen-bond donors (Lipinski definition) is 5. The summed E-state index contributed by atoms with van der Waals surface area (Å²) in [5.41, 5.74) is 7.30. The first-order chi connectivity index (χ1) is 22.5. The van der Waals surface area contributed by atoms with E-state index in [0.717, 1.165) is 0 Å². The van der Waals surface area contributed by atoms with E-state index in [0.29, 0.717) is 40.7 Å². The average molecular weight is 692 g/mol. The number of aromatic nitrogens is 4. The Morgan fingerprint density at radius 1 is 1.15 bits per heavy atom. The van der Waals surface area contributed by atoms with E-state index in [4.69, 9.17) is 24.5 Å². The second-order valence-electron chi connectivity index (χ2n) is 12.0. The summed E-state index contributed by atoms with van der Waals surface area (Å²) in [4.78, 5) is 60.4. The number of anilines is 1. The molecule has 19 heteroatoms. The van der Waals surface area contributed by atoms with Gasteiger partial charge >= 0.3 is 28.3 Å². The molecule has 3 heterocycles. The number of ether oxygens (including phenoxy) is 2. The van der Waals surface area contributed by atoms with Gasteiger partial charge in [-0.25, -0.2) is 29.3 Å². The van der Waals surface area contributed by atoms with Gasteiger partial charge in [0.2, 0.25) is 5.91 Å². The van der Waals surface area contributed by atoms with Gasteiger partial charge in [-0.3, -0.25) is 18.3 Å². The van der Waals surface area contributed by atoms with Crippen LogP contribution in [0.2, 0.25) is 0 Å². The summed E-state index contributed by atoms with van der Waals surface area (Å²) >= 11 is 0. The predicted octanol–water partition coefficient (Wildman–Crippen LogP) is 1.85. The van der Waals surface area contributed by atoms with E-state index in [2.05, 4.69) is 20.3 Å². The zero-order chi connectivity index (χ0) is 35.4. The summed E-state index contributed by atoms with van der Waals surface area (Å²) in [6, 6.07) is 1.76. The van der Waals surface area contributed by atoms with Crippen LogP contribution in [0.1, 0.15) is 68.9 Å². The lowest BCUT2D eigenvalue weighted by Gasteiger charge is -2.29. The molecule has 2 amide bonds. The summed E-state index contributed by atoms with van der Waals surface area (Å²) in [7, 11) is -4.54. The minimum Gasteiger partial charge on any atom is -0.481 e. The molecular formula is C29H37N7O11S. The number of carbonyl (C=O) groups is 4. The molecule has 0 unspecified atom stereocenters. The molecule has 18 nitrogen and oxygen atoms in total. The molecule has 4 rings (SSSR count). The van der Waals surface area contributed by atoms with Crippen LogP contribution in [0, 0.1) is 13.8 Å². The molecule has 0 bridgehead atoms. The quantitative estimate of drug-likeness (QED) is 0.161. The van der Waals surface area contributed by atoms with Crippen LogP contribution >= 0.6 is 0 Å². The fourth-order valence-electron chi connectivity index (χ4n) is 5.63. The standard InChI is InChI=1S/C29H37N7O11S/c1-15-9-16(2)23(19(10-15)47-28(42)34-18(27(40)41)6-8-22(38)39)29(3,4)11-20(37)35-48(43,44)45-12-17-5-7-21(46-17)36-14-33-24-25(30)31-13-32-26(24)36/h9-10,13-14,17-18,21H,5-8,11-12H2,1-4H3,(H,34,42)(H,35,37)(H,38,39)(H,40,41)(H2,30,31,32)/t17-,18-,21+/m0/s1. The second-order valence-corrected chi connectivity index (χ2v) is 13.4. The van der Waals surface area contributed by atoms with Gasteiger partial charge in [-0.1, -0.05) is 19.9 Å². The van der Waals surface area contributed by atoms with Crippen LogP contribution in [-0.4, -0.2) is 80.8 Å². The van der Waals surface area contributed by atoms with E-state index in [-0.39, 0.29) is 31.0 Å². The summed E-state index contributed by atoms with van der Waals surface area (Å²) in [6.07, 6.45) is 0.282. The number of rotatable bonds is 14. The van der Waals surface area contributed by atoms with Crippen molar-refractivity contribution in [2.45, 2.75) is 83.6 Å². The first kappa shape index (κ1) is 36.0. The number of aliphatic carboxylic acids is 2. The van der Waals surface area contributed by atoms with Crippen LogP contribution in [-0.2, 0) is 39.0 Å². The van der Waals surface area contributed by atoms with Crippen molar-refractivity contribution in [1.29, 1.82) is 0 Å². The number of fused-ring (bicyclic) bond motifs is 1. The van der Waals surface area contributed by atoms with E-state index in [1.54, 1.807) is 38.3 Å². The Kier molecular flexibility index (Phi) is 10.9. The lowest BCUT2D eigenvalue weighted by atomic mass is 9.78. The molecule has 0 radical (unpaired) electrons. The number of nitrogens with two attached hydrogens (primary N) is 1. The third-order valence-electron chi connectivity index (χ3n) is 7.59. The topological polar surface area (TPSA) is 264 Å². The zero-order valence-corrected chi connectivity index (χ0v) is 27.4. The van der Waals surface area contributed by atoms with Crippen LogP contribution < -0.4 is 20.5 Å². The van der Waals surface area contributed by atoms with Crippen LogP contribution in [0.5, 0.6) is 5.75 Å². The number of nitrogen functional groups attached to an aromatic ring is 1. The SMILES string of the molecule is Cc1cc(C)c(C(C)(C)CC(=O)NS(=O)(=O)OC[C@@H]2CC[C@H](n3cnc4c(N)ncnc43)O2)c(OC(=O)N[C@@H](CCC(=O)O)C(=O)O)c1.